The van der Waals surface area contributed by atoms with Gasteiger partial charge in [-0.1, -0.05) is 6.42 Å². The van der Waals surface area contributed by atoms with E-state index < -0.39 is 0 Å². The lowest BCUT2D eigenvalue weighted by atomic mass is 10.1. The van der Waals surface area contributed by atoms with E-state index in [1.165, 1.54) is 37.3 Å². The maximum absolute atomic E-state index is 11.5. The SMILES string of the molecule is CCNC(=NCCN1CCCCC1)NCCN1C(=O)CNC1=O.I. The predicted molar refractivity (Wildman–Crippen MR) is 105 cm³/mol. The van der Waals surface area contributed by atoms with E-state index in [1.54, 1.807) is 0 Å². The van der Waals surface area contributed by atoms with Gasteiger partial charge in [-0.25, -0.2) is 4.79 Å². The van der Waals surface area contributed by atoms with Gasteiger partial charge in [0.15, 0.2) is 5.96 Å². The number of piperidine rings is 1. The average molecular weight is 452 g/mol. The van der Waals surface area contributed by atoms with E-state index in [0.29, 0.717) is 13.1 Å². The fourth-order valence-corrected chi connectivity index (χ4v) is 2.80. The third-order valence-corrected chi connectivity index (χ3v) is 4.04. The molecule has 0 bridgehead atoms. The van der Waals surface area contributed by atoms with Crippen molar-refractivity contribution in [2.24, 2.45) is 4.99 Å². The lowest BCUT2D eigenvalue weighted by Crippen LogP contribution is -2.43. The second-order valence-corrected chi connectivity index (χ2v) is 5.79. The lowest BCUT2D eigenvalue weighted by Gasteiger charge is -2.25. The maximum atomic E-state index is 11.5. The fourth-order valence-electron chi connectivity index (χ4n) is 2.80. The van der Waals surface area contributed by atoms with Crippen molar-refractivity contribution in [2.75, 3.05) is 52.4 Å². The van der Waals surface area contributed by atoms with Crippen molar-refractivity contribution < 1.29 is 9.59 Å². The summed E-state index contributed by atoms with van der Waals surface area (Å²) in [5.74, 6) is 0.556. The van der Waals surface area contributed by atoms with E-state index in [9.17, 15) is 9.59 Å². The molecule has 0 aromatic rings. The topological polar surface area (TPSA) is 89.1 Å². The Bertz CT molecular complexity index is 424. The number of urea groups is 1. The van der Waals surface area contributed by atoms with Crippen LogP contribution >= 0.6 is 24.0 Å². The van der Waals surface area contributed by atoms with Gasteiger partial charge >= 0.3 is 6.03 Å². The Kier molecular flexibility index (Phi) is 9.99. The molecule has 2 rings (SSSR count). The first-order valence-electron chi connectivity index (χ1n) is 8.53. The summed E-state index contributed by atoms with van der Waals surface area (Å²) in [6, 6.07) is -0.316. The lowest BCUT2D eigenvalue weighted by molar-refractivity contribution is -0.124. The first-order valence-corrected chi connectivity index (χ1v) is 8.53. The Morgan fingerprint density at radius 1 is 1.17 bits per heavy atom. The number of guanidine groups is 1. The van der Waals surface area contributed by atoms with Crippen molar-refractivity contribution in [3.05, 3.63) is 0 Å². The van der Waals surface area contributed by atoms with Crippen LogP contribution in [0.5, 0.6) is 0 Å². The van der Waals surface area contributed by atoms with Crippen molar-refractivity contribution >= 4 is 41.9 Å². The summed E-state index contributed by atoms with van der Waals surface area (Å²) in [4.78, 5) is 31.2. The Morgan fingerprint density at radius 2 is 1.92 bits per heavy atom. The third-order valence-electron chi connectivity index (χ3n) is 4.04. The van der Waals surface area contributed by atoms with E-state index in [2.05, 4.69) is 25.8 Å². The molecule has 0 aliphatic carbocycles. The van der Waals surface area contributed by atoms with Gasteiger partial charge in [-0.2, -0.15) is 0 Å². The number of amides is 3. The van der Waals surface area contributed by atoms with E-state index in [1.807, 2.05) is 6.92 Å². The Hall–Kier alpha value is -1.10. The largest absolute Gasteiger partial charge is 0.357 e. The van der Waals surface area contributed by atoms with E-state index in [0.717, 1.165) is 25.6 Å². The summed E-state index contributed by atoms with van der Waals surface area (Å²) in [7, 11) is 0. The minimum atomic E-state index is -0.316. The number of hydrogen-bond acceptors (Lipinski definition) is 4. The van der Waals surface area contributed by atoms with Crippen molar-refractivity contribution in [3.63, 3.8) is 0 Å². The highest BCUT2D eigenvalue weighted by atomic mass is 127. The smallest absolute Gasteiger partial charge is 0.324 e. The Labute approximate surface area is 160 Å². The first kappa shape index (κ1) is 20.9. The van der Waals surface area contributed by atoms with Gasteiger partial charge in [0.25, 0.3) is 0 Å². The summed E-state index contributed by atoms with van der Waals surface area (Å²) >= 11 is 0. The molecule has 2 aliphatic heterocycles. The molecule has 2 saturated heterocycles. The zero-order chi connectivity index (χ0) is 16.5. The molecule has 0 unspecified atom stereocenters. The molecule has 0 spiro atoms. The van der Waals surface area contributed by atoms with E-state index in [4.69, 9.17) is 0 Å². The van der Waals surface area contributed by atoms with Crippen LogP contribution in [0.25, 0.3) is 0 Å². The van der Waals surface area contributed by atoms with Gasteiger partial charge in [-0.15, -0.1) is 24.0 Å². The Morgan fingerprint density at radius 3 is 2.54 bits per heavy atom. The zero-order valence-corrected chi connectivity index (χ0v) is 16.7. The van der Waals surface area contributed by atoms with Crippen LogP contribution < -0.4 is 16.0 Å². The molecule has 0 saturated carbocycles. The molecule has 2 fully saturated rings. The van der Waals surface area contributed by atoms with Crippen molar-refractivity contribution in [1.29, 1.82) is 0 Å². The zero-order valence-electron chi connectivity index (χ0n) is 14.3. The molecular weight excluding hydrogens is 423 g/mol. The highest BCUT2D eigenvalue weighted by Crippen LogP contribution is 2.07. The maximum Gasteiger partial charge on any atom is 0.324 e. The monoisotopic (exact) mass is 452 g/mol. The Balaban J connectivity index is 0.00000288. The molecule has 0 aromatic heterocycles. The van der Waals surface area contributed by atoms with Crippen molar-refractivity contribution in [2.45, 2.75) is 26.2 Å². The number of imide groups is 1. The number of nitrogens with zero attached hydrogens (tertiary/aromatic N) is 3. The number of carbonyl (C=O) groups is 2. The summed E-state index contributed by atoms with van der Waals surface area (Å²) in [6.07, 6.45) is 3.91. The highest BCUT2D eigenvalue weighted by molar-refractivity contribution is 14.0. The molecule has 138 valence electrons. The van der Waals surface area contributed by atoms with Gasteiger partial charge in [-0.3, -0.25) is 14.7 Å². The van der Waals surface area contributed by atoms with Crippen LogP contribution in [-0.4, -0.2) is 80.1 Å². The number of carbonyl (C=O) groups excluding carboxylic acids is 2. The van der Waals surface area contributed by atoms with Crippen LogP contribution in [0.4, 0.5) is 4.79 Å². The molecule has 2 aliphatic rings. The quantitative estimate of drug-likeness (QED) is 0.222. The van der Waals surface area contributed by atoms with Crippen LogP contribution in [0.15, 0.2) is 4.99 Å². The van der Waals surface area contributed by atoms with Crippen LogP contribution in [0.1, 0.15) is 26.2 Å². The van der Waals surface area contributed by atoms with Crippen LogP contribution in [0, 0.1) is 0 Å². The molecule has 2 heterocycles. The minimum absolute atomic E-state index is 0. The van der Waals surface area contributed by atoms with E-state index in [-0.39, 0.29) is 42.5 Å². The van der Waals surface area contributed by atoms with Gasteiger partial charge in [0.1, 0.15) is 0 Å². The van der Waals surface area contributed by atoms with Crippen molar-refractivity contribution in [3.8, 4) is 0 Å². The van der Waals surface area contributed by atoms with Crippen LogP contribution in [0.3, 0.4) is 0 Å². The minimum Gasteiger partial charge on any atom is -0.357 e. The molecule has 9 heteroatoms. The highest BCUT2D eigenvalue weighted by Gasteiger charge is 2.27. The molecule has 3 amide bonds. The van der Waals surface area contributed by atoms with E-state index >= 15 is 0 Å². The number of hydrogen-bond donors (Lipinski definition) is 3. The fraction of sp³-hybridized carbons (Fsp3) is 0.800. The molecule has 0 radical (unpaired) electrons. The molecule has 0 aromatic carbocycles. The van der Waals surface area contributed by atoms with Gasteiger partial charge < -0.3 is 20.9 Å². The summed E-state index contributed by atoms with van der Waals surface area (Å²) in [6.45, 7) is 7.80. The summed E-state index contributed by atoms with van der Waals surface area (Å²) < 4.78 is 0. The summed E-state index contributed by atoms with van der Waals surface area (Å²) in [5, 5.41) is 8.87. The van der Waals surface area contributed by atoms with Gasteiger partial charge in [-0.05, 0) is 32.9 Å². The second-order valence-electron chi connectivity index (χ2n) is 5.79. The number of likely N-dealkylation sites (tertiary alicyclic amines) is 1. The average Bonchev–Trinajstić information content (AvgIpc) is 2.88. The molecule has 8 nitrogen and oxygen atoms in total. The summed E-state index contributed by atoms with van der Waals surface area (Å²) in [5.41, 5.74) is 0. The number of halogens is 1. The third kappa shape index (κ3) is 6.80. The number of aliphatic imine (C=N–C) groups is 1. The standard InChI is InChI=1S/C15H28N6O2.HI/c1-2-16-14(17-6-10-20-8-4-3-5-9-20)18-7-11-21-13(22)12-19-15(21)23;/h2-12H2,1H3,(H,19,23)(H2,16,17,18);1H. The molecule has 0 atom stereocenters. The number of rotatable bonds is 7. The van der Waals surface area contributed by atoms with Gasteiger partial charge in [0.05, 0.1) is 13.1 Å². The van der Waals surface area contributed by atoms with Crippen molar-refractivity contribution in [1.82, 2.24) is 25.8 Å². The second kappa shape index (κ2) is 11.5. The predicted octanol–water partition coefficient (Wildman–Crippen LogP) is 0.197. The van der Waals surface area contributed by atoms with Crippen LogP contribution in [-0.2, 0) is 4.79 Å². The molecule has 3 N–H and O–H groups in total. The normalized spacial score (nSPS) is 19.0. The molecular formula is C15H29IN6O2. The number of nitrogens with one attached hydrogen (secondary N) is 3. The molecule has 24 heavy (non-hydrogen) atoms. The van der Waals surface area contributed by atoms with Gasteiger partial charge in [0.2, 0.25) is 5.91 Å². The first-order chi connectivity index (χ1) is 11.2. The van der Waals surface area contributed by atoms with Gasteiger partial charge in [0, 0.05) is 26.2 Å². The van der Waals surface area contributed by atoms with Crippen LogP contribution in [0.2, 0.25) is 0 Å².